The van der Waals surface area contributed by atoms with Crippen molar-refractivity contribution in [2.45, 2.75) is 121 Å². The first-order chi connectivity index (χ1) is 20.1. The lowest BCUT2D eigenvalue weighted by Crippen LogP contribution is -2.60. The highest BCUT2D eigenvalue weighted by atomic mass is 16.7. The van der Waals surface area contributed by atoms with E-state index in [-0.39, 0.29) is 24.5 Å². The van der Waals surface area contributed by atoms with Crippen LogP contribution in [0.15, 0.2) is 17.5 Å². The van der Waals surface area contributed by atoms with Gasteiger partial charge in [-0.05, 0) is 45.4 Å². The lowest BCUT2D eigenvalue weighted by atomic mass is 9.88. The number of pyridine rings is 1. The van der Waals surface area contributed by atoms with Gasteiger partial charge in [0, 0.05) is 49.6 Å². The Morgan fingerprint density at radius 2 is 1.54 bits per heavy atom. The van der Waals surface area contributed by atoms with Crippen LogP contribution >= 0.6 is 0 Å². The average Bonchev–Trinajstić information content (AvgIpc) is 3.65. The Bertz CT molecular complexity index is 1240. The maximum absolute atomic E-state index is 13.9. The van der Waals surface area contributed by atoms with E-state index in [2.05, 4.69) is 26.2 Å². The summed E-state index contributed by atoms with van der Waals surface area (Å²) < 4.78 is 7.44. The van der Waals surface area contributed by atoms with Crippen LogP contribution < -0.4 is 16.0 Å². The van der Waals surface area contributed by atoms with E-state index >= 15 is 0 Å². The fourth-order valence-electron chi connectivity index (χ4n) is 6.70. The molecule has 0 unspecified atom stereocenters. The molecule has 0 radical (unpaired) electrons. The highest BCUT2D eigenvalue weighted by Gasteiger charge is 2.55. The Morgan fingerprint density at radius 3 is 2.15 bits per heavy atom. The SMILES string of the molecule is CCn1ncc2c(NC3CCOCC3)c(C3=NOC(C(=O)NC4CCCCC4)(C(=O)NC4CCCCC4)C3)cnc21. The van der Waals surface area contributed by atoms with Crippen molar-refractivity contribution in [2.24, 2.45) is 5.16 Å². The first-order valence-corrected chi connectivity index (χ1v) is 15.6. The zero-order valence-corrected chi connectivity index (χ0v) is 24.1. The first kappa shape index (κ1) is 27.9. The van der Waals surface area contributed by atoms with Gasteiger partial charge in [-0.25, -0.2) is 9.67 Å². The topological polar surface area (TPSA) is 132 Å². The van der Waals surface area contributed by atoms with Gasteiger partial charge in [0.1, 0.15) is 0 Å². The van der Waals surface area contributed by atoms with Gasteiger partial charge in [-0.1, -0.05) is 43.7 Å². The monoisotopic (exact) mass is 565 g/mol. The minimum atomic E-state index is -1.75. The number of ether oxygens (including phenoxy) is 1. The number of hydrogen-bond acceptors (Lipinski definition) is 8. The number of nitrogens with one attached hydrogen (secondary N) is 3. The molecule has 0 spiro atoms. The Morgan fingerprint density at radius 1 is 0.902 bits per heavy atom. The third-order valence-corrected chi connectivity index (χ3v) is 9.19. The molecule has 1 saturated heterocycles. The van der Waals surface area contributed by atoms with Crippen molar-refractivity contribution in [3.8, 4) is 0 Å². The fourth-order valence-corrected chi connectivity index (χ4v) is 6.70. The standard InChI is InChI=1S/C30H43N7O4/c1-2-37-27-24(19-32-37)26(33-22-13-15-40-16-14-22)23(18-31-27)25-17-30(41-36-25,28(38)34-20-9-5-3-6-10-20)29(39)35-21-11-7-4-8-12-21/h18-22H,2-17H2,1H3,(H,31,33)(H,34,38)(H,35,39). The van der Waals surface area contributed by atoms with Crippen LogP contribution in [-0.2, 0) is 25.7 Å². The van der Waals surface area contributed by atoms with Crippen molar-refractivity contribution < 1.29 is 19.2 Å². The molecular weight excluding hydrogens is 522 g/mol. The highest BCUT2D eigenvalue weighted by Crippen LogP contribution is 2.35. The van der Waals surface area contributed by atoms with Crippen LogP contribution in [-0.4, -0.2) is 69.2 Å². The van der Waals surface area contributed by atoms with Crippen molar-refractivity contribution in [2.75, 3.05) is 18.5 Å². The van der Waals surface area contributed by atoms with Gasteiger partial charge in [0.2, 0.25) is 0 Å². The van der Waals surface area contributed by atoms with Gasteiger partial charge < -0.3 is 25.5 Å². The van der Waals surface area contributed by atoms with Crippen molar-refractivity contribution in [1.29, 1.82) is 0 Å². The van der Waals surface area contributed by atoms with Crippen LogP contribution in [0.1, 0.15) is 96.0 Å². The summed E-state index contributed by atoms with van der Waals surface area (Å²) in [6.45, 7) is 4.13. The zero-order valence-electron chi connectivity index (χ0n) is 24.1. The highest BCUT2D eigenvalue weighted by molar-refractivity contribution is 6.18. The molecule has 11 nitrogen and oxygen atoms in total. The molecular formula is C30H43N7O4. The molecule has 2 aliphatic heterocycles. The van der Waals surface area contributed by atoms with E-state index in [0.29, 0.717) is 25.5 Å². The van der Waals surface area contributed by atoms with Gasteiger partial charge in [0.15, 0.2) is 5.65 Å². The van der Waals surface area contributed by atoms with Gasteiger partial charge in [-0.3, -0.25) is 9.59 Å². The normalized spacial score (nSPS) is 22.2. The summed E-state index contributed by atoms with van der Waals surface area (Å²) >= 11 is 0. The number of carbonyl (C=O) groups is 2. The molecule has 3 N–H and O–H groups in total. The number of hydrogen-bond donors (Lipinski definition) is 3. The van der Waals surface area contributed by atoms with Gasteiger partial charge in [-0.2, -0.15) is 5.10 Å². The van der Waals surface area contributed by atoms with E-state index < -0.39 is 17.4 Å². The van der Waals surface area contributed by atoms with Crippen LogP contribution in [0.2, 0.25) is 0 Å². The van der Waals surface area contributed by atoms with Crippen molar-refractivity contribution in [3.05, 3.63) is 18.0 Å². The Hall–Kier alpha value is -3.21. The van der Waals surface area contributed by atoms with Crippen LogP contribution in [0, 0.1) is 0 Å². The summed E-state index contributed by atoms with van der Waals surface area (Å²) in [5.41, 5.74) is 1.16. The first-order valence-electron chi connectivity index (χ1n) is 15.6. The van der Waals surface area contributed by atoms with Crippen LogP contribution in [0.4, 0.5) is 5.69 Å². The quantitative estimate of drug-likeness (QED) is 0.415. The van der Waals surface area contributed by atoms with Gasteiger partial charge in [0.25, 0.3) is 17.4 Å². The smallest absolute Gasteiger partial charge is 0.297 e. The van der Waals surface area contributed by atoms with Gasteiger partial charge in [0.05, 0.1) is 29.4 Å². The average molecular weight is 566 g/mol. The van der Waals surface area contributed by atoms with Crippen molar-refractivity contribution in [1.82, 2.24) is 25.4 Å². The minimum absolute atomic E-state index is 0.0433. The molecule has 0 atom stereocenters. The molecule has 6 rings (SSSR count). The number of aromatic nitrogens is 3. The largest absolute Gasteiger partial charge is 0.381 e. The Kier molecular flexibility index (Phi) is 8.41. The molecule has 2 aromatic rings. The molecule has 222 valence electrons. The number of nitrogens with zero attached hydrogens (tertiary/aromatic N) is 4. The Labute approximate surface area is 241 Å². The van der Waals surface area contributed by atoms with Crippen molar-refractivity contribution in [3.63, 3.8) is 0 Å². The summed E-state index contributed by atoms with van der Waals surface area (Å²) in [6.07, 6.45) is 15.7. The van der Waals surface area contributed by atoms with Gasteiger partial charge in [-0.15, -0.1) is 0 Å². The summed E-state index contributed by atoms with van der Waals surface area (Å²) in [7, 11) is 0. The molecule has 3 fully saturated rings. The van der Waals surface area contributed by atoms with E-state index in [1.54, 1.807) is 6.20 Å². The Balaban J connectivity index is 1.31. The lowest BCUT2D eigenvalue weighted by Gasteiger charge is -2.31. The zero-order chi connectivity index (χ0) is 28.2. The van der Waals surface area contributed by atoms with E-state index in [0.717, 1.165) is 86.5 Å². The molecule has 4 heterocycles. The molecule has 11 heteroatoms. The number of anilines is 1. The van der Waals surface area contributed by atoms with E-state index in [1.807, 2.05) is 17.8 Å². The van der Waals surface area contributed by atoms with Crippen LogP contribution in [0.3, 0.4) is 0 Å². The van der Waals surface area contributed by atoms with Crippen LogP contribution in [0.5, 0.6) is 0 Å². The molecule has 2 aromatic heterocycles. The second-order valence-corrected chi connectivity index (χ2v) is 12.0. The van der Waals surface area contributed by atoms with E-state index in [4.69, 9.17) is 14.6 Å². The lowest BCUT2D eigenvalue weighted by molar-refractivity contribution is -0.159. The maximum atomic E-state index is 13.9. The second kappa shape index (κ2) is 12.3. The van der Waals surface area contributed by atoms with Crippen LogP contribution in [0.25, 0.3) is 11.0 Å². The predicted octanol–water partition coefficient (Wildman–Crippen LogP) is 3.80. The van der Waals surface area contributed by atoms with Crippen molar-refractivity contribution >= 4 is 34.2 Å². The molecule has 2 aliphatic carbocycles. The van der Waals surface area contributed by atoms with E-state index in [9.17, 15) is 9.59 Å². The number of aryl methyl sites for hydroxylation is 1. The summed E-state index contributed by atoms with van der Waals surface area (Å²) in [5.74, 6) is -0.800. The molecule has 2 amide bonds. The number of rotatable bonds is 8. The molecule has 2 saturated carbocycles. The summed E-state index contributed by atoms with van der Waals surface area (Å²) in [4.78, 5) is 38.5. The molecule has 0 bridgehead atoms. The molecule has 41 heavy (non-hydrogen) atoms. The number of fused-ring (bicyclic) bond motifs is 1. The maximum Gasteiger partial charge on any atom is 0.297 e. The fraction of sp³-hybridized carbons (Fsp3) is 0.700. The molecule has 4 aliphatic rings. The number of amides is 2. The van der Waals surface area contributed by atoms with E-state index in [1.165, 1.54) is 12.8 Å². The molecule has 0 aromatic carbocycles. The number of carbonyl (C=O) groups excluding carboxylic acids is 2. The second-order valence-electron chi connectivity index (χ2n) is 12.0. The summed E-state index contributed by atoms with van der Waals surface area (Å²) in [6, 6.07) is 0.314. The number of oxime groups is 1. The summed E-state index contributed by atoms with van der Waals surface area (Å²) in [5, 5.41) is 19.9. The van der Waals surface area contributed by atoms with Gasteiger partial charge >= 0.3 is 0 Å². The predicted molar refractivity (Wildman–Crippen MR) is 156 cm³/mol. The third-order valence-electron chi connectivity index (χ3n) is 9.19. The third kappa shape index (κ3) is 5.78. The minimum Gasteiger partial charge on any atom is -0.381 e.